The molecule has 0 radical (unpaired) electrons. The molecular formula is C33H38N4O4. The van der Waals surface area contributed by atoms with Gasteiger partial charge in [0, 0.05) is 19.0 Å². The molecule has 5 rings (SSSR count). The topological polar surface area (TPSA) is 102 Å². The van der Waals surface area contributed by atoms with Crippen molar-refractivity contribution in [3.8, 4) is 5.75 Å². The fourth-order valence-electron chi connectivity index (χ4n) is 5.63. The molecule has 1 unspecified atom stereocenters. The van der Waals surface area contributed by atoms with E-state index in [1.54, 1.807) is 20.2 Å². The van der Waals surface area contributed by atoms with Gasteiger partial charge in [-0.15, -0.1) is 0 Å². The van der Waals surface area contributed by atoms with Gasteiger partial charge in [-0.25, -0.2) is 14.8 Å². The molecule has 214 valence electrons. The number of methoxy groups -OCH3 is 1. The van der Waals surface area contributed by atoms with Crippen LogP contribution in [0.15, 0.2) is 65.7 Å². The summed E-state index contributed by atoms with van der Waals surface area (Å²) in [7, 11) is 3.17. The van der Waals surface area contributed by atoms with E-state index in [9.17, 15) is 9.59 Å². The fourth-order valence-corrected chi connectivity index (χ4v) is 5.63. The smallest absolute Gasteiger partial charge is 0.408 e. The van der Waals surface area contributed by atoms with Crippen LogP contribution in [0.2, 0.25) is 0 Å². The second-order valence-electron chi connectivity index (χ2n) is 11.7. The number of aryl methyl sites for hydroxylation is 1. The molecule has 0 bridgehead atoms. The number of carbonyl (C=O) groups is 2. The number of nitrogens with zero attached hydrogens (tertiary/aromatic N) is 2. The van der Waals surface area contributed by atoms with Crippen molar-refractivity contribution >= 4 is 23.4 Å². The molecule has 1 fully saturated rings. The monoisotopic (exact) mass is 554 g/mol. The van der Waals surface area contributed by atoms with Gasteiger partial charge in [0.1, 0.15) is 22.7 Å². The molecule has 3 aromatic rings. The van der Waals surface area contributed by atoms with Gasteiger partial charge in [-0.1, -0.05) is 54.6 Å². The molecule has 2 aliphatic rings. The van der Waals surface area contributed by atoms with E-state index in [4.69, 9.17) is 14.5 Å². The summed E-state index contributed by atoms with van der Waals surface area (Å²) in [6.45, 7) is 5.61. The molecule has 0 spiro atoms. The molecule has 8 nitrogen and oxygen atoms in total. The molecule has 1 saturated carbocycles. The number of alkyl carbamates (subject to hydrolysis) is 1. The highest BCUT2D eigenvalue weighted by molar-refractivity contribution is 6.07. The Balaban J connectivity index is 1.54. The van der Waals surface area contributed by atoms with E-state index >= 15 is 0 Å². The van der Waals surface area contributed by atoms with Gasteiger partial charge in [0.25, 0.3) is 5.91 Å². The van der Waals surface area contributed by atoms with Crippen molar-refractivity contribution in [2.75, 3.05) is 14.2 Å². The number of aliphatic imine (C=N–C) groups is 1. The van der Waals surface area contributed by atoms with Crippen LogP contribution in [0.25, 0.3) is 0 Å². The number of aromatic nitrogens is 1. The summed E-state index contributed by atoms with van der Waals surface area (Å²) in [5.74, 6) is 0.271. The molecule has 2 heterocycles. The van der Waals surface area contributed by atoms with Crippen LogP contribution in [0.5, 0.6) is 5.75 Å². The average molecular weight is 555 g/mol. The Labute approximate surface area is 241 Å². The van der Waals surface area contributed by atoms with Crippen LogP contribution >= 0.6 is 0 Å². The first-order chi connectivity index (χ1) is 19.6. The molecule has 1 atom stereocenters. The van der Waals surface area contributed by atoms with Crippen molar-refractivity contribution in [2.45, 2.75) is 69.9 Å². The first-order valence-corrected chi connectivity index (χ1v) is 14.2. The normalized spacial score (nSPS) is 17.7. The zero-order valence-electron chi connectivity index (χ0n) is 24.4. The van der Waals surface area contributed by atoms with E-state index in [1.807, 2.05) is 39.0 Å². The highest BCUT2D eigenvalue weighted by Crippen LogP contribution is 2.43. The SMILES string of the molecule is CNC(=O)c1cc(OC)c2c(n1)CCC(c1ccccc1)C(c1ccc(C3(NC(=O)OC(C)(C)C)CCC3)cc1)=N2. The van der Waals surface area contributed by atoms with Crippen molar-refractivity contribution in [1.29, 1.82) is 0 Å². The zero-order chi connectivity index (χ0) is 29.2. The maximum atomic E-state index is 12.7. The molecule has 2 amide bonds. The molecule has 1 aromatic heterocycles. The quantitative estimate of drug-likeness (QED) is 0.378. The van der Waals surface area contributed by atoms with Crippen molar-refractivity contribution in [1.82, 2.24) is 15.6 Å². The van der Waals surface area contributed by atoms with Crippen LogP contribution in [0.3, 0.4) is 0 Å². The highest BCUT2D eigenvalue weighted by Gasteiger charge is 2.41. The maximum Gasteiger partial charge on any atom is 0.408 e. The molecular weight excluding hydrogens is 516 g/mol. The molecule has 1 aliphatic carbocycles. The number of benzene rings is 2. The first kappa shape index (κ1) is 28.3. The number of ether oxygens (including phenoxy) is 2. The zero-order valence-corrected chi connectivity index (χ0v) is 24.4. The number of amides is 2. The van der Waals surface area contributed by atoms with E-state index < -0.39 is 17.2 Å². The third-order valence-corrected chi connectivity index (χ3v) is 7.82. The van der Waals surface area contributed by atoms with E-state index in [0.717, 1.165) is 53.8 Å². The molecule has 2 N–H and O–H groups in total. The lowest BCUT2D eigenvalue weighted by Gasteiger charge is -2.43. The average Bonchev–Trinajstić information content (AvgIpc) is 3.13. The molecule has 1 aliphatic heterocycles. The Morgan fingerprint density at radius 2 is 1.73 bits per heavy atom. The fraction of sp³-hybridized carbons (Fsp3) is 0.394. The number of hydrogen-bond acceptors (Lipinski definition) is 6. The van der Waals surface area contributed by atoms with E-state index in [2.05, 4.69) is 52.0 Å². The largest absolute Gasteiger partial charge is 0.494 e. The number of nitrogens with one attached hydrogen (secondary N) is 2. The predicted octanol–water partition coefficient (Wildman–Crippen LogP) is 6.20. The van der Waals surface area contributed by atoms with Gasteiger partial charge < -0.3 is 20.1 Å². The van der Waals surface area contributed by atoms with Crippen molar-refractivity contribution in [3.63, 3.8) is 0 Å². The second-order valence-corrected chi connectivity index (χ2v) is 11.7. The van der Waals surface area contributed by atoms with Crippen LogP contribution in [-0.2, 0) is 16.7 Å². The third kappa shape index (κ3) is 5.97. The lowest BCUT2D eigenvalue weighted by molar-refractivity contribution is 0.0377. The summed E-state index contributed by atoms with van der Waals surface area (Å²) >= 11 is 0. The Morgan fingerprint density at radius 1 is 1.02 bits per heavy atom. The van der Waals surface area contributed by atoms with Crippen LogP contribution in [-0.4, -0.2) is 42.5 Å². The lowest BCUT2D eigenvalue weighted by Crippen LogP contribution is -2.52. The summed E-state index contributed by atoms with van der Waals surface area (Å²) in [5.41, 5.74) is 4.83. The Morgan fingerprint density at radius 3 is 2.32 bits per heavy atom. The Kier molecular flexibility index (Phi) is 7.84. The van der Waals surface area contributed by atoms with Gasteiger partial charge in [-0.3, -0.25) is 4.79 Å². The van der Waals surface area contributed by atoms with Gasteiger partial charge in [0.2, 0.25) is 0 Å². The number of rotatable bonds is 6. The molecule has 41 heavy (non-hydrogen) atoms. The molecule has 8 heteroatoms. The van der Waals surface area contributed by atoms with Gasteiger partial charge in [0.15, 0.2) is 0 Å². The summed E-state index contributed by atoms with van der Waals surface area (Å²) < 4.78 is 11.3. The van der Waals surface area contributed by atoms with Crippen LogP contribution in [0.4, 0.5) is 10.5 Å². The lowest BCUT2D eigenvalue weighted by atomic mass is 9.71. The number of carbonyl (C=O) groups excluding carboxylic acids is 2. The van der Waals surface area contributed by atoms with Gasteiger partial charge in [-0.05, 0) is 69.6 Å². The minimum atomic E-state index is -0.559. The standard InChI is InChI=1S/C33H38N4O4/c1-32(2,3)41-31(39)37-33(18-9-19-33)23-14-12-22(13-15-23)28-24(21-10-7-6-8-11-21)16-17-25-29(36-28)27(40-5)20-26(35-25)30(38)34-4/h6-8,10-15,20,24H,9,16-19H2,1-5H3,(H,34,38)(H,37,39). The van der Waals surface area contributed by atoms with Crippen molar-refractivity contribution in [2.24, 2.45) is 4.99 Å². The number of fused-ring (bicyclic) bond motifs is 1. The maximum absolute atomic E-state index is 12.7. The minimum Gasteiger partial charge on any atom is -0.494 e. The summed E-state index contributed by atoms with van der Waals surface area (Å²) in [6, 6.07) is 20.3. The van der Waals surface area contributed by atoms with Crippen LogP contribution in [0, 0.1) is 0 Å². The summed E-state index contributed by atoms with van der Waals surface area (Å²) in [4.78, 5) is 34.9. The summed E-state index contributed by atoms with van der Waals surface area (Å²) in [6.07, 6.45) is 3.79. The Bertz CT molecular complexity index is 1460. The first-order valence-electron chi connectivity index (χ1n) is 14.2. The van der Waals surface area contributed by atoms with Crippen LogP contribution in [0.1, 0.15) is 85.2 Å². The van der Waals surface area contributed by atoms with E-state index in [-0.39, 0.29) is 11.8 Å². The minimum absolute atomic E-state index is 0.0157. The third-order valence-electron chi connectivity index (χ3n) is 7.82. The van der Waals surface area contributed by atoms with Crippen LogP contribution < -0.4 is 15.4 Å². The van der Waals surface area contributed by atoms with Gasteiger partial charge in [0.05, 0.1) is 24.1 Å². The van der Waals surface area contributed by atoms with E-state index in [0.29, 0.717) is 23.6 Å². The highest BCUT2D eigenvalue weighted by atomic mass is 16.6. The predicted molar refractivity (Wildman–Crippen MR) is 159 cm³/mol. The molecule has 2 aromatic carbocycles. The van der Waals surface area contributed by atoms with E-state index in [1.165, 1.54) is 0 Å². The number of hydrogen-bond donors (Lipinski definition) is 2. The molecule has 0 saturated heterocycles. The van der Waals surface area contributed by atoms with Gasteiger partial charge >= 0.3 is 6.09 Å². The number of pyridine rings is 1. The van der Waals surface area contributed by atoms with Gasteiger partial charge in [-0.2, -0.15) is 0 Å². The van der Waals surface area contributed by atoms with Crippen molar-refractivity contribution in [3.05, 3.63) is 88.7 Å². The second kappa shape index (κ2) is 11.4. The summed E-state index contributed by atoms with van der Waals surface area (Å²) in [5, 5.41) is 5.79. The Hall–Kier alpha value is -4.20. The van der Waals surface area contributed by atoms with Crippen molar-refractivity contribution < 1.29 is 19.1 Å².